The number of ether oxygens (including phenoxy) is 1. The number of esters is 1. The van der Waals surface area contributed by atoms with Gasteiger partial charge in [0.15, 0.2) is 0 Å². The maximum atomic E-state index is 11.4. The predicted octanol–water partition coefficient (Wildman–Crippen LogP) is 1.41. The van der Waals surface area contributed by atoms with Crippen LogP contribution in [-0.4, -0.2) is 29.1 Å². The summed E-state index contributed by atoms with van der Waals surface area (Å²) >= 11 is 1.53. The topological polar surface area (TPSA) is 52.3 Å². The summed E-state index contributed by atoms with van der Waals surface area (Å²) in [6, 6.07) is 0. The number of hydrogen-bond donors (Lipinski definition) is 1. The normalized spacial score (nSPS) is 13.9. The second-order valence-electron chi connectivity index (χ2n) is 3.84. The highest BCUT2D eigenvalue weighted by atomic mass is 32.2. The van der Waals surface area contributed by atoms with Crippen LogP contribution in [0.5, 0.6) is 0 Å². The number of carbonyl (C=O) groups excluding carboxylic acids is 1. The molecule has 1 atom stereocenters. The van der Waals surface area contributed by atoms with Crippen molar-refractivity contribution in [2.24, 2.45) is 5.73 Å². The van der Waals surface area contributed by atoms with Crippen molar-refractivity contribution in [3.63, 3.8) is 0 Å². The minimum absolute atomic E-state index is 0.122. The first-order valence-corrected chi connectivity index (χ1v) is 5.46. The molecule has 0 aromatic rings. The highest BCUT2D eigenvalue weighted by Gasteiger charge is 2.21. The molecule has 0 spiro atoms. The molecule has 1 unspecified atom stereocenters. The van der Waals surface area contributed by atoms with Crippen LogP contribution in [0, 0.1) is 0 Å². The molecule has 0 amide bonds. The monoisotopic (exact) mass is 205 g/mol. The summed E-state index contributed by atoms with van der Waals surface area (Å²) < 4.78 is 5.20. The van der Waals surface area contributed by atoms with E-state index >= 15 is 0 Å². The van der Waals surface area contributed by atoms with Crippen molar-refractivity contribution >= 4 is 17.7 Å². The van der Waals surface area contributed by atoms with Gasteiger partial charge in [-0.25, -0.2) is 0 Å². The van der Waals surface area contributed by atoms with E-state index in [9.17, 15) is 4.79 Å². The first-order chi connectivity index (χ1) is 5.87. The zero-order chi connectivity index (χ0) is 10.5. The molecule has 0 aromatic heterocycles. The molecule has 2 N–H and O–H groups in total. The SMILES string of the molecule is CC(SCCN)C(=O)OC(C)(C)C. The largest absolute Gasteiger partial charge is 0.459 e. The van der Waals surface area contributed by atoms with Crippen LogP contribution in [0.1, 0.15) is 27.7 Å². The average molecular weight is 205 g/mol. The lowest BCUT2D eigenvalue weighted by molar-refractivity contribution is -0.153. The Morgan fingerprint density at radius 1 is 1.54 bits per heavy atom. The number of hydrogen-bond acceptors (Lipinski definition) is 4. The Labute approximate surface area is 84.4 Å². The molecule has 0 bridgehead atoms. The molecule has 0 aliphatic heterocycles. The van der Waals surface area contributed by atoms with Crippen molar-refractivity contribution in [1.82, 2.24) is 0 Å². The molecular weight excluding hydrogens is 186 g/mol. The van der Waals surface area contributed by atoms with Gasteiger partial charge in [0, 0.05) is 12.3 Å². The summed E-state index contributed by atoms with van der Waals surface area (Å²) in [6.45, 7) is 8.04. The van der Waals surface area contributed by atoms with Crippen molar-refractivity contribution in [3.05, 3.63) is 0 Å². The van der Waals surface area contributed by atoms with Gasteiger partial charge in [-0.3, -0.25) is 4.79 Å². The molecule has 0 aromatic carbocycles. The lowest BCUT2D eigenvalue weighted by atomic mass is 10.2. The van der Waals surface area contributed by atoms with Gasteiger partial charge in [-0.2, -0.15) is 0 Å². The van der Waals surface area contributed by atoms with E-state index in [1.165, 1.54) is 11.8 Å². The second kappa shape index (κ2) is 5.50. The predicted molar refractivity (Wildman–Crippen MR) is 56.8 cm³/mol. The average Bonchev–Trinajstić information content (AvgIpc) is 1.96. The van der Waals surface area contributed by atoms with Gasteiger partial charge in [0.25, 0.3) is 0 Å². The fraction of sp³-hybridized carbons (Fsp3) is 0.889. The van der Waals surface area contributed by atoms with Crippen LogP contribution in [0.4, 0.5) is 0 Å². The minimum atomic E-state index is -0.394. The van der Waals surface area contributed by atoms with Gasteiger partial charge in [-0.05, 0) is 27.7 Å². The maximum Gasteiger partial charge on any atom is 0.319 e. The highest BCUT2D eigenvalue weighted by Crippen LogP contribution is 2.15. The third kappa shape index (κ3) is 6.90. The molecule has 0 saturated heterocycles. The lowest BCUT2D eigenvalue weighted by Crippen LogP contribution is -2.29. The van der Waals surface area contributed by atoms with Crippen LogP contribution in [0.3, 0.4) is 0 Å². The van der Waals surface area contributed by atoms with Gasteiger partial charge >= 0.3 is 5.97 Å². The van der Waals surface area contributed by atoms with E-state index in [-0.39, 0.29) is 11.2 Å². The third-order valence-corrected chi connectivity index (χ3v) is 2.39. The third-order valence-electron chi connectivity index (χ3n) is 1.22. The van der Waals surface area contributed by atoms with Gasteiger partial charge in [-0.1, -0.05) is 0 Å². The molecule has 0 rings (SSSR count). The van der Waals surface area contributed by atoms with E-state index < -0.39 is 5.60 Å². The Morgan fingerprint density at radius 2 is 2.08 bits per heavy atom. The van der Waals surface area contributed by atoms with Gasteiger partial charge in [-0.15, -0.1) is 11.8 Å². The fourth-order valence-electron chi connectivity index (χ4n) is 0.698. The summed E-state index contributed by atoms with van der Waals surface area (Å²) in [5.74, 6) is 0.631. The molecule has 0 aliphatic rings. The van der Waals surface area contributed by atoms with E-state index in [0.717, 1.165) is 5.75 Å². The molecule has 0 radical (unpaired) electrons. The maximum absolute atomic E-state index is 11.4. The molecule has 4 heteroatoms. The zero-order valence-corrected chi connectivity index (χ0v) is 9.61. The van der Waals surface area contributed by atoms with Gasteiger partial charge in [0.2, 0.25) is 0 Å². The van der Waals surface area contributed by atoms with E-state index in [1.807, 2.05) is 27.7 Å². The Kier molecular flexibility index (Phi) is 5.40. The Hall–Kier alpha value is -0.220. The molecular formula is C9H19NO2S. The lowest BCUT2D eigenvalue weighted by Gasteiger charge is -2.21. The molecule has 0 aliphatic carbocycles. The van der Waals surface area contributed by atoms with Crippen molar-refractivity contribution in [3.8, 4) is 0 Å². The highest BCUT2D eigenvalue weighted by molar-refractivity contribution is 8.00. The molecule has 13 heavy (non-hydrogen) atoms. The Morgan fingerprint density at radius 3 is 2.46 bits per heavy atom. The van der Waals surface area contributed by atoms with Crippen LogP contribution >= 0.6 is 11.8 Å². The molecule has 3 nitrogen and oxygen atoms in total. The number of rotatable bonds is 4. The molecule has 78 valence electrons. The van der Waals surface area contributed by atoms with Gasteiger partial charge in [0.05, 0.1) is 5.25 Å². The summed E-state index contributed by atoms with van der Waals surface area (Å²) in [5.41, 5.74) is 4.94. The van der Waals surface area contributed by atoms with E-state index in [0.29, 0.717) is 6.54 Å². The van der Waals surface area contributed by atoms with Crippen LogP contribution < -0.4 is 5.73 Å². The van der Waals surface area contributed by atoms with Crippen molar-refractivity contribution < 1.29 is 9.53 Å². The molecule has 0 heterocycles. The smallest absolute Gasteiger partial charge is 0.319 e. The van der Waals surface area contributed by atoms with Gasteiger partial charge in [0.1, 0.15) is 5.60 Å². The molecule has 0 fully saturated rings. The van der Waals surface area contributed by atoms with Crippen molar-refractivity contribution in [2.75, 3.05) is 12.3 Å². The summed E-state index contributed by atoms with van der Waals surface area (Å²) in [5, 5.41) is -0.122. The number of thioether (sulfide) groups is 1. The van der Waals surface area contributed by atoms with E-state index in [4.69, 9.17) is 10.5 Å². The van der Waals surface area contributed by atoms with Crippen LogP contribution in [-0.2, 0) is 9.53 Å². The quantitative estimate of drug-likeness (QED) is 0.705. The van der Waals surface area contributed by atoms with E-state index in [2.05, 4.69) is 0 Å². The summed E-state index contributed by atoms with van der Waals surface area (Å²) in [6.07, 6.45) is 0. The van der Waals surface area contributed by atoms with E-state index in [1.54, 1.807) is 0 Å². The fourth-order valence-corrected chi connectivity index (χ4v) is 1.37. The van der Waals surface area contributed by atoms with Crippen LogP contribution in [0.2, 0.25) is 0 Å². The zero-order valence-electron chi connectivity index (χ0n) is 8.79. The number of nitrogens with two attached hydrogens (primary N) is 1. The van der Waals surface area contributed by atoms with Gasteiger partial charge < -0.3 is 10.5 Å². The molecule has 0 saturated carbocycles. The van der Waals surface area contributed by atoms with Crippen LogP contribution in [0.15, 0.2) is 0 Å². The standard InChI is InChI=1S/C9H19NO2S/c1-7(13-6-5-10)8(11)12-9(2,3)4/h7H,5-6,10H2,1-4H3. The summed E-state index contributed by atoms with van der Waals surface area (Å²) in [4.78, 5) is 11.4. The Bertz CT molecular complexity index is 165. The summed E-state index contributed by atoms with van der Waals surface area (Å²) in [7, 11) is 0. The minimum Gasteiger partial charge on any atom is -0.459 e. The van der Waals surface area contributed by atoms with Crippen LogP contribution in [0.25, 0.3) is 0 Å². The first-order valence-electron chi connectivity index (χ1n) is 4.41. The van der Waals surface area contributed by atoms with Crippen molar-refractivity contribution in [1.29, 1.82) is 0 Å². The number of carbonyl (C=O) groups is 1. The van der Waals surface area contributed by atoms with Crippen molar-refractivity contribution in [2.45, 2.75) is 38.5 Å². The second-order valence-corrected chi connectivity index (χ2v) is 5.28. The Balaban J connectivity index is 3.83. The first kappa shape index (κ1) is 12.8.